The maximum Gasteiger partial charge on any atom is 0.416 e. The molecule has 0 N–H and O–H groups in total. The van der Waals surface area contributed by atoms with Crippen LogP contribution >= 0.6 is 0 Å². The molecule has 0 unspecified atom stereocenters. The van der Waals surface area contributed by atoms with Gasteiger partial charge in [-0.2, -0.15) is 13.2 Å². The third-order valence-electron chi connectivity index (χ3n) is 3.68. The second-order valence-corrected chi connectivity index (χ2v) is 5.46. The SMILES string of the molecule is C=C1C=CC(=O)N1c1ccc(OC(=O)c2ccc(C(F)(F)F)cc2)cc1. The van der Waals surface area contributed by atoms with E-state index in [1.165, 1.54) is 23.1 Å². The lowest BCUT2D eigenvalue weighted by atomic mass is 10.1. The number of anilines is 1. The first-order valence-corrected chi connectivity index (χ1v) is 7.46. The van der Waals surface area contributed by atoms with Crippen LogP contribution in [0.15, 0.2) is 73.0 Å². The van der Waals surface area contributed by atoms with Crippen molar-refractivity contribution in [3.63, 3.8) is 0 Å². The zero-order chi connectivity index (χ0) is 18.9. The molecule has 0 spiro atoms. The van der Waals surface area contributed by atoms with Crippen LogP contribution < -0.4 is 9.64 Å². The molecular weight excluding hydrogens is 347 g/mol. The minimum absolute atomic E-state index is 0.00521. The molecule has 0 radical (unpaired) electrons. The molecule has 2 aromatic carbocycles. The van der Waals surface area contributed by atoms with Crippen LogP contribution in [-0.4, -0.2) is 11.9 Å². The minimum atomic E-state index is -4.47. The number of hydrogen-bond acceptors (Lipinski definition) is 3. The van der Waals surface area contributed by atoms with Crippen LogP contribution in [0.25, 0.3) is 0 Å². The molecule has 0 aliphatic carbocycles. The maximum atomic E-state index is 12.5. The summed E-state index contributed by atoms with van der Waals surface area (Å²) in [5.41, 5.74) is 0.223. The van der Waals surface area contributed by atoms with Crippen LogP contribution in [-0.2, 0) is 11.0 Å². The highest BCUT2D eigenvalue weighted by Crippen LogP contribution is 2.29. The van der Waals surface area contributed by atoms with E-state index >= 15 is 0 Å². The van der Waals surface area contributed by atoms with Crippen LogP contribution in [0.2, 0.25) is 0 Å². The first-order chi connectivity index (χ1) is 12.3. The maximum absolute atomic E-state index is 12.5. The molecule has 1 amide bonds. The summed E-state index contributed by atoms with van der Waals surface area (Å²) in [7, 11) is 0. The van der Waals surface area contributed by atoms with E-state index in [1.54, 1.807) is 18.2 Å². The Balaban J connectivity index is 1.70. The summed E-state index contributed by atoms with van der Waals surface area (Å²) in [6.45, 7) is 3.75. The number of hydrogen-bond donors (Lipinski definition) is 0. The van der Waals surface area contributed by atoms with Crippen LogP contribution in [0.4, 0.5) is 18.9 Å². The van der Waals surface area contributed by atoms with Gasteiger partial charge in [0.25, 0.3) is 5.91 Å². The van der Waals surface area contributed by atoms with Gasteiger partial charge in [0, 0.05) is 17.5 Å². The quantitative estimate of drug-likeness (QED) is 0.605. The fourth-order valence-electron chi connectivity index (χ4n) is 2.38. The van der Waals surface area contributed by atoms with Gasteiger partial charge in [-0.05, 0) is 54.6 Å². The minimum Gasteiger partial charge on any atom is -0.423 e. The average Bonchev–Trinajstić information content (AvgIpc) is 2.94. The number of amides is 1. The zero-order valence-electron chi connectivity index (χ0n) is 13.3. The van der Waals surface area contributed by atoms with Crippen molar-refractivity contribution in [2.24, 2.45) is 0 Å². The van der Waals surface area contributed by atoms with E-state index in [2.05, 4.69) is 6.58 Å². The Hall–Kier alpha value is -3.35. The van der Waals surface area contributed by atoms with Gasteiger partial charge in [-0.15, -0.1) is 0 Å². The molecule has 0 aromatic heterocycles. The van der Waals surface area contributed by atoms with Crippen LogP contribution in [0.5, 0.6) is 5.75 Å². The van der Waals surface area contributed by atoms with Crippen molar-refractivity contribution in [3.05, 3.63) is 84.1 Å². The lowest BCUT2D eigenvalue weighted by Gasteiger charge is -2.17. The topological polar surface area (TPSA) is 46.6 Å². The summed E-state index contributed by atoms with van der Waals surface area (Å²) in [6, 6.07) is 9.86. The Bertz CT molecular complexity index is 879. The molecule has 0 saturated carbocycles. The van der Waals surface area contributed by atoms with Gasteiger partial charge in [0.2, 0.25) is 0 Å². The molecule has 0 bridgehead atoms. The summed E-state index contributed by atoms with van der Waals surface area (Å²) in [5, 5.41) is 0. The summed E-state index contributed by atoms with van der Waals surface area (Å²) in [6.07, 6.45) is -1.49. The Morgan fingerprint density at radius 3 is 2.08 bits per heavy atom. The molecule has 1 aliphatic rings. The van der Waals surface area contributed by atoms with Gasteiger partial charge in [0.15, 0.2) is 0 Å². The lowest BCUT2D eigenvalue weighted by Crippen LogP contribution is -2.22. The largest absolute Gasteiger partial charge is 0.423 e. The molecule has 0 saturated heterocycles. The van der Waals surface area contributed by atoms with E-state index < -0.39 is 17.7 Å². The summed E-state index contributed by atoms with van der Waals surface area (Å²) in [5.74, 6) is -0.817. The number of alkyl halides is 3. The molecule has 1 heterocycles. The van der Waals surface area contributed by atoms with Gasteiger partial charge < -0.3 is 4.74 Å². The molecule has 7 heteroatoms. The van der Waals surface area contributed by atoms with Gasteiger partial charge in [0.1, 0.15) is 5.75 Å². The molecule has 132 valence electrons. The van der Waals surface area contributed by atoms with Crippen molar-refractivity contribution < 1.29 is 27.5 Å². The number of halogens is 3. The van der Waals surface area contributed by atoms with Gasteiger partial charge >= 0.3 is 12.1 Å². The van der Waals surface area contributed by atoms with E-state index in [0.29, 0.717) is 11.4 Å². The Labute approximate surface area is 146 Å². The summed E-state index contributed by atoms with van der Waals surface area (Å²) < 4.78 is 42.7. The molecule has 0 atom stereocenters. The van der Waals surface area contributed by atoms with Crippen molar-refractivity contribution in [2.75, 3.05) is 4.90 Å². The second kappa shape index (κ2) is 6.51. The van der Waals surface area contributed by atoms with Gasteiger partial charge in [0.05, 0.1) is 11.1 Å². The summed E-state index contributed by atoms with van der Waals surface area (Å²) >= 11 is 0. The van der Waals surface area contributed by atoms with E-state index in [9.17, 15) is 22.8 Å². The highest BCUT2D eigenvalue weighted by atomic mass is 19.4. The number of rotatable bonds is 3. The predicted molar refractivity (Wildman–Crippen MR) is 88.6 cm³/mol. The van der Waals surface area contributed by atoms with E-state index in [0.717, 1.165) is 24.3 Å². The van der Waals surface area contributed by atoms with Crippen LogP contribution in [0.1, 0.15) is 15.9 Å². The number of carbonyl (C=O) groups excluding carboxylic acids is 2. The highest BCUT2D eigenvalue weighted by Gasteiger charge is 2.30. The van der Waals surface area contributed by atoms with Crippen molar-refractivity contribution in [1.82, 2.24) is 0 Å². The van der Waals surface area contributed by atoms with Gasteiger partial charge in [-0.1, -0.05) is 6.58 Å². The molecule has 2 aromatic rings. The van der Waals surface area contributed by atoms with E-state index in [1.807, 2.05) is 0 Å². The van der Waals surface area contributed by atoms with E-state index in [4.69, 9.17) is 4.74 Å². The Kier molecular flexibility index (Phi) is 4.38. The number of esters is 1. The van der Waals surface area contributed by atoms with Crippen molar-refractivity contribution in [3.8, 4) is 5.75 Å². The number of benzene rings is 2. The van der Waals surface area contributed by atoms with Gasteiger partial charge in [-0.25, -0.2) is 4.79 Å². The monoisotopic (exact) mass is 359 g/mol. The smallest absolute Gasteiger partial charge is 0.416 e. The first-order valence-electron chi connectivity index (χ1n) is 7.46. The van der Waals surface area contributed by atoms with Crippen molar-refractivity contribution in [1.29, 1.82) is 0 Å². The first kappa shape index (κ1) is 17.5. The Morgan fingerprint density at radius 1 is 0.962 bits per heavy atom. The number of allylic oxidation sites excluding steroid dienone is 1. The highest BCUT2D eigenvalue weighted by molar-refractivity contribution is 6.07. The normalized spacial score (nSPS) is 14.0. The standard InChI is InChI=1S/C19H12F3NO3/c1-12-2-11-17(24)23(12)15-7-9-16(10-8-15)26-18(25)13-3-5-14(6-4-13)19(20,21)22/h2-11H,1H2. The molecule has 4 nitrogen and oxygen atoms in total. The molecule has 0 fully saturated rings. The third-order valence-corrected chi connectivity index (χ3v) is 3.68. The Morgan fingerprint density at radius 2 is 1.58 bits per heavy atom. The molecular formula is C19H12F3NO3. The average molecular weight is 359 g/mol. The number of carbonyl (C=O) groups is 2. The number of nitrogens with zero attached hydrogens (tertiary/aromatic N) is 1. The van der Waals surface area contributed by atoms with Crippen molar-refractivity contribution in [2.45, 2.75) is 6.18 Å². The predicted octanol–water partition coefficient (Wildman–Crippen LogP) is 4.34. The van der Waals surface area contributed by atoms with E-state index in [-0.39, 0.29) is 17.2 Å². The third kappa shape index (κ3) is 3.51. The summed E-state index contributed by atoms with van der Waals surface area (Å²) in [4.78, 5) is 25.2. The lowest BCUT2D eigenvalue weighted by molar-refractivity contribution is -0.137. The molecule has 3 rings (SSSR count). The molecule has 1 aliphatic heterocycles. The fourth-order valence-corrected chi connectivity index (χ4v) is 2.38. The van der Waals surface area contributed by atoms with Crippen LogP contribution in [0, 0.1) is 0 Å². The number of ether oxygens (including phenoxy) is 1. The fraction of sp³-hybridized carbons (Fsp3) is 0.0526. The van der Waals surface area contributed by atoms with Crippen molar-refractivity contribution >= 4 is 17.6 Å². The molecule has 26 heavy (non-hydrogen) atoms. The zero-order valence-corrected chi connectivity index (χ0v) is 13.3. The van der Waals surface area contributed by atoms with Gasteiger partial charge in [-0.3, -0.25) is 9.69 Å². The van der Waals surface area contributed by atoms with Crippen LogP contribution in [0.3, 0.4) is 0 Å². The second-order valence-electron chi connectivity index (χ2n) is 5.46.